The second-order valence-corrected chi connectivity index (χ2v) is 7.20. The Labute approximate surface area is 167 Å². The second-order valence-electron chi connectivity index (χ2n) is 6.34. The van der Waals surface area contributed by atoms with Crippen molar-refractivity contribution < 1.29 is 14.3 Å². The monoisotopic (exact) mass is 395 g/mol. The number of hydrogen-bond donors (Lipinski definition) is 1. The highest BCUT2D eigenvalue weighted by atomic mass is 32.1. The zero-order chi connectivity index (χ0) is 20.1. The number of nitrogens with one attached hydrogen (secondary N) is 1. The van der Waals surface area contributed by atoms with E-state index in [-0.39, 0.29) is 18.4 Å². The van der Waals surface area contributed by atoms with E-state index in [4.69, 9.17) is 4.74 Å². The number of rotatable bonds is 6. The van der Waals surface area contributed by atoms with Gasteiger partial charge in [0.2, 0.25) is 5.91 Å². The zero-order valence-corrected chi connectivity index (χ0v) is 16.7. The highest BCUT2D eigenvalue weighted by Gasteiger charge is 2.18. The molecule has 0 atom stereocenters. The highest BCUT2D eigenvalue weighted by Crippen LogP contribution is 2.26. The molecule has 1 N–H and O–H groups in total. The summed E-state index contributed by atoms with van der Waals surface area (Å²) < 4.78 is 5.15. The van der Waals surface area contributed by atoms with Gasteiger partial charge in [-0.2, -0.15) is 0 Å². The van der Waals surface area contributed by atoms with Crippen molar-refractivity contribution >= 4 is 28.8 Å². The van der Waals surface area contributed by atoms with Crippen LogP contribution in [0.3, 0.4) is 0 Å². The minimum absolute atomic E-state index is 0.0535. The number of nitrogens with zero attached hydrogens (tertiary/aromatic N) is 2. The first-order chi connectivity index (χ1) is 13.5. The first kappa shape index (κ1) is 19.6. The third-order valence-electron chi connectivity index (χ3n) is 4.12. The van der Waals surface area contributed by atoms with Gasteiger partial charge < -0.3 is 15.0 Å². The van der Waals surface area contributed by atoms with Gasteiger partial charge in [-0.25, -0.2) is 4.98 Å². The standard InChI is InChI=1S/C21H21N3O3S/c1-14-4-8-16(9-5-14)22-19(25)12-24(2)21(26)18-13-28-20(23-18)15-6-10-17(27-3)11-7-15/h4-11,13H,12H2,1-3H3,(H,22,25). The van der Waals surface area contributed by atoms with Crippen LogP contribution in [0.1, 0.15) is 16.1 Å². The van der Waals surface area contributed by atoms with E-state index < -0.39 is 0 Å². The molecule has 1 heterocycles. The van der Waals surface area contributed by atoms with Crippen LogP contribution in [0.15, 0.2) is 53.9 Å². The molecule has 6 nitrogen and oxygen atoms in total. The Morgan fingerprint density at radius 2 is 1.79 bits per heavy atom. The molecule has 1 aromatic heterocycles. The number of amides is 2. The van der Waals surface area contributed by atoms with Crippen molar-refractivity contribution in [2.45, 2.75) is 6.92 Å². The quantitative estimate of drug-likeness (QED) is 0.688. The van der Waals surface area contributed by atoms with Crippen LogP contribution in [0, 0.1) is 6.92 Å². The van der Waals surface area contributed by atoms with Gasteiger partial charge in [-0.3, -0.25) is 9.59 Å². The van der Waals surface area contributed by atoms with E-state index in [2.05, 4.69) is 10.3 Å². The van der Waals surface area contributed by atoms with Crippen LogP contribution in [0.5, 0.6) is 5.75 Å². The van der Waals surface area contributed by atoms with Gasteiger partial charge in [-0.15, -0.1) is 11.3 Å². The van der Waals surface area contributed by atoms with E-state index in [1.807, 2.05) is 55.5 Å². The number of benzene rings is 2. The van der Waals surface area contributed by atoms with Crippen molar-refractivity contribution in [2.24, 2.45) is 0 Å². The minimum atomic E-state index is -0.296. The Bertz CT molecular complexity index is 965. The van der Waals surface area contributed by atoms with Crippen molar-refractivity contribution in [1.82, 2.24) is 9.88 Å². The molecule has 0 bridgehead atoms. The van der Waals surface area contributed by atoms with Gasteiger partial charge >= 0.3 is 0 Å². The lowest BCUT2D eigenvalue weighted by Gasteiger charge is -2.15. The predicted molar refractivity (Wildman–Crippen MR) is 111 cm³/mol. The number of aryl methyl sites for hydroxylation is 1. The maximum absolute atomic E-state index is 12.6. The Balaban J connectivity index is 1.62. The number of ether oxygens (including phenoxy) is 1. The van der Waals surface area contributed by atoms with Crippen LogP contribution in [-0.4, -0.2) is 42.4 Å². The molecule has 3 aromatic rings. The normalized spacial score (nSPS) is 10.4. The summed E-state index contributed by atoms with van der Waals surface area (Å²) in [5.74, 6) is 0.205. The molecule has 2 aromatic carbocycles. The summed E-state index contributed by atoms with van der Waals surface area (Å²) in [6.45, 7) is 1.92. The first-order valence-corrected chi connectivity index (χ1v) is 9.56. The average molecular weight is 395 g/mol. The Hall–Kier alpha value is -3.19. The third kappa shape index (κ3) is 4.75. The summed E-state index contributed by atoms with van der Waals surface area (Å²) in [4.78, 5) is 30.6. The molecule has 0 radical (unpaired) electrons. The molecule has 144 valence electrons. The summed E-state index contributed by atoms with van der Waals surface area (Å²) >= 11 is 1.38. The molecule has 0 aliphatic rings. The van der Waals surface area contributed by atoms with Crippen molar-refractivity contribution in [3.8, 4) is 16.3 Å². The number of carbonyl (C=O) groups is 2. The van der Waals surface area contributed by atoms with E-state index in [0.717, 1.165) is 21.9 Å². The highest BCUT2D eigenvalue weighted by molar-refractivity contribution is 7.13. The molecule has 0 spiro atoms. The lowest BCUT2D eigenvalue weighted by Crippen LogP contribution is -2.35. The van der Waals surface area contributed by atoms with Gasteiger partial charge in [-0.1, -0.05) is 17.7 Å². The fourth-order valence-electron chi connectivity index (χ4n) is 2.56. The molecule has 0 saturated carbocycles. The van der Waals surface area contributed by atoms with E-state index in [0.29, 0.717) is 11.4 Å². The van der Waals surface area contributed by atoms with Gasteiger partial charge in [0.05, 0.1) is 13.7 Å². The molecule has 0 unspecified atom stereocenters. The molecule has 0 aliphatic carbocycles. The van der Waals surface area contributed by atoms with Crippen molar-refractivity contribution in [2.75, 3.05) is 26.0 Å². The number of thiazole rings is 1. The lowest BCUT2D eigenvalue weighted by molar-refractivity contribution is -0.116. The Kier molecular flexibility index (Phi) is 6.06. The molecular weight excluding hydrogens is 374 g/mol. The van der Waals surface area contributed by atoms with Gasteiger partial charge in [-0.05, 0) is 43.3 Å². The summed E-state index contributed by atoms with van der Waals surface area (Å²) in [7, 11) is 3.20. The number of anilines is 1. The smallest absolute Gasteiger partial charge is 0.273 e. The van der Waals surface area contributed by atoms with Gasteiger partial charge in [0.25, 0.3) is 5.91 Å². The fraction of sp³-hybridized carbons (Fsp3) is 0.190. The molecule has 0 saturated heterocycles. The van der Waals surface area contributed by atoms with Crippen LogP contribution in [-0.2, 0) is 4.79 Å². The van der Waals surface area contributed by atoms with E-state index in [1.54, 1.807) is 19.5 Å². The Morgan fingerprint density at radius 1 is 1.11 bits per heavy atom. The lowest BCUT2D eigenvalue weighted by atomic mass is 10.2. The third-order valence-corrected chi connectivity index (χ3v) is 5.01. The van der Waals surface area contributed by atoms with Crippen LogP contribution in [0.25, 0.3) is 10.6 Å². The number of methoxy groups -OCH3 is 1. The van der Waals surface area contributed by atoms with Crippen LogP contribution in [0.4, 0.5) is 5.69 Å². The maximum atomic E-state index is 12.6. The number of aromatic nitrogens is 1. The SMILES string of the molecule is COc1ccc(-c2nc(C(=O)N(C)CC(=O)Nc3ccc(C)cc3)cs2)cc1. The summed E-state index contributed by atoms with van der Waals surface area (Å²) in [5.41, 5.74) is 3.04. The number of carbonyl (C=O) groups excluding carboxylic acids is 2. The van der Waals surface area contributed by atoms with Crippen LogP contribution >= 0.6 is 11.3 Å². The molecule has 0 fully saturated rings. The maximum Gasteiger partial charge on any atom is 0.273 e. The van der Waals surface area contributed by atoms with Crippen LogP contribution in [0.2, 0.25) is 0 Å². The van der Waals surface area contributed by atoms with Crippen LogP contribution < -0.4 is 10.1 Å². The van der Waals surface area contributed by atoms with E-state index in [1.165, 1.54) is 16.2 Å². The zero-order valence-electron chi connectivity index (χ0n) is 15.9. The molecule has 3 rings (SSSR count). The number of hydrogen-bond acceptors (Lipinski definition) is 5. The summed E-state index contributed by atoms with van der Waals surface area (Å²) in [6, 6.07) is 15.0. The van der Waals surface area contributed by atoms with Crippen molar-refractivity contribution in [3.05, 3.63) is 65.2 Å². The van der Waals surface area contributed by atoms with Crippen molar-refractivity contribution in [1.29, 1.82) is 0 Å². The van der Waals surface area contributed by atoms with Gasteiger partial charge in [0.15, 0.2) is 0 Å². The predicted octanol–water partition coefficient (Wildman–Crippen LogP) is 3.84. The largest absolute Gasteiger partial charge is 0.497 e. The second kappa shape index (κ2) is 8.67. The van der Waals surface area contributed by atoms with Gasteiger partial charge in [0.1, 0.15) is 16.5 Å². The molecule has 2 amide bonds. The van der Waals surface area contributed by atoms with E-state index in [9.17, 15) is 9.59 Å². The molecule has 7 heteroatoms. The first-order valence-electron chi connectivity index (χ1n) is 8.68. The van der Waals surface area contributed by atoms with E-state index >= 15 is 0 Å². The molecule has 28 heavy (non-hydrogen) atoms. The number of likely N-dealkylation sites (N-methyl/N-ethyl adjacent to an activating group) is 1. The minimum Gasteiger partial charge on any atom is -0.497 e. The molecular formula is C21H21N3O3S. The fourth-order valence-corrected chi connectivity index (χ4v) is 3.36. The summed E-state index contributed by atoms with van der Waals surface area (Å²) in [6.07, 6.45) is 0. The summed E-state index contributed by atoms with van der Waals surface area (Å²) in [5, 5.41) is 5.23. The average Bonchev–Trinajstić information content (AvgIpc) is 3.19. The molecule has 0 aliphatic heterocycles. The van der Waals surface area contributed by atoms with Gasteiger partial charge in [0, 0.05) is 23.7 Å². The van der Waals surface area contributed by atoms with Crippen molar-refractivity contribution in [3.63, 3.8) is 0 Å². The Morgan fingerprint density at radius 3 is 2.43 bits per heavy atom. The topological polar surface area (TPSA) is 71.5 Å².